The molecule has 0 aliphatic heterocycles. The van der Waals surface area contributed by atoms with Gasteiger partial charge in [-0.3, -0.25) is 10.1 Å². The van der Waals surface area contributed by atoms with Gasteiger partial charge in [0.2, 0.25) is 0 Å². The normalized spacial score (nSPS) is 10.8. The van der Waals surface area contributed by atoms with E-state index in [1.54, 1.807) is 12.1 Å². The number of anilines is 1. The highest BCUT2D eigenvalue weighted by Gasteiger charge is 2.17. The number of carbonyl (C=O) groups is 1. The first-order valence-electron chi connectivity index (χ1n) is 8.44. The monoisotopic (exact) mass is 410 g/mol. The zero-order chi connectivity index (χ0) is 19.7. The van der Waals surface area contributed by atoms with Crippen LogP contribution in [0.3, 0.4) is 0 Å². The maximum atomic E-state index is 13.0. The minimum atomic E-state index is -0.339. The van der Waals surface area contributed by atoms with Crippen molar-refractivity contribution >= 4 is 50.5 Å². The molecule has 0 bridgehead atoms. The molecule has 2 aromatic carbocycles. The Balaban J connectivity index is 1.54. The Kier molecular flexibility index (Phi) is 4.89. The number of fused-ring (bicyclic) bond motifs is 1. The van der Waals surface area contributed by atoms with E-state index in [0.717, 1.165) is 21.6 Å². The largest absolute Gasteiger partial charge is 0.332 e. The topological polar surface area (TPSA) is 59.0 Å². The number of thiophene rings is 1. The van der Waals surface area contributed by atoms with Gasteiger partial charge >= 0.3 is 0 Å². The van der Waals surface area contributed by atoms with E-state index in [2.05, 4.69) is 15.7 Å². The van der Waals surface area contributed by atoms with Gasteiger partial charge < -0.3 is 5.32 Å². The number of amides is 1. The smallest absolute Gasteiger partial charge is 0.267 e. The lowest BCUT2D eigenvalue weighted by molar-refractivity contribution is 0.0981. The van der Waals surface area contributed by atoms with Gasteiger partial charge in [0, 0.05) is 11.1 Å². The van der Waals surface area contributed by atoms with Gasteiger partial charge in [0.15, 0.2) is 5.11 Å². The van der Waals surface area contributed by atoms with Crippen molar-refractivity contribution in [3.05, 3.63) is 77.1 Å². The molecule has 5 nitrogen and oxygen atoms in total. The number of aromatic nitrogens is 2. The number of aryl methyl sites for hydroxylation is 1. The highest BCUT2D eigenvalue weighted by Crippen LogP contribution is 2.30. The number of nitrogens with one attached hydrogen (secondary N) is 2. The molecule has 0 saturated carbocycles. The van der Waals surface area contributed by atoms with Crippen LogP contribution in [-0.2, 0) is 0 Å². The fourth-order valence-corrected chi connectivity index (χ4v) is 4.05. The van der Waals surface area contributed by atoms with Gasteiger partial charge in [0.05, 0.1) is 16.3 Å². The van der Waals surface area contributed by atoms with Crippen molar-refractivity contribution in [2.24, 2.45) is 0 Å². The summed E-state index contributed by atoms with van der Waals surface area (Å²) in [6.07, 6.45) is 0. The summed E-state index contributed by atoms with van der Waals surface area (Å²) >= 11 is 6.53. The van der Waals surface area contributed by atoms with Crippen LogP contribution in [0.15, 0.2) is 60.7 Å². The first-order valence-corrected chi connectivity index (χ1v) is 9.66. The maximum Gasteiger partial charge on any atom is 0.267 e. The van der Waals surface area contributed by atoms with E-state index < -0.39 is 0 Å². The number of rotatable bonds is 3. The van der Waals surface area contributed by atoms with Crippen LogP contribution in [0.2, 0.25) is 0 Å². The molecule has 0 aliphatic carbocycles. The van der Waals surface area contributed by atoms with Crippen LogP contribution in [0.1, 0.15) is 15.4 Å². The highest BCUT2D eigenvalue weighted by molar-refractivity contribution is 7.80. The molecule has 0 atom stereocenters. The van der Waals surface area contributed by atoms with E-state index in [1.165, 1.54) is 23.5 Å². The maximum absolute atomic E-state index is 13.0. The number of nitrogens with zero attached hydrogens (tertiary/aromatic N) is 2. The summed E-state index contributed by atoms with van der Waals surface area (Å²) < 4.78 is 14.8. The first-order chi connectivity index (χ1) is 13.5. The van der Waals surface area contributed by atoms with Gasteiger partial charge in [-0.05, 0) is 61.6 Å². The van der Waals surface area contributed by atoms with E-state index in [0.29, 0.717) is 10.6 Å². The number of hydrogen-bond acceptors (Lipinski definition) is 4. The Morgan fingerprint density at radius 1 is 1.14 bits per heavy atom. The Hall–Kier alpha value is -3.10. The van der Waals surface area contributed by atoms with Crippen molar-refractivity contribution in [2.75, 3.05) is 5.32 Å². The van der Waals surface area contributed by atoms with Crippen molar-refractivity contribution in [1.29, 1.82) is 0 Å². The number of halogens is 1. The predicted octanol–water partition coefficient (Wildman–Crippen LogP) is 4.66. The lowest BCUT2D eigenvalue weighted by atomic mass is 10.3. The van der Waals surface area contributed by atoms with E-state index in [-0.39, 0.29) is 16.8 Å². The quantitative estimate of drug-likeness (QED) is 0.482. The molecule has 8 heteroatoms. The number of para-hydroxylation sites is 1. The minimum Gasteiger partial charge on any atom is -0.332 e. The van der Waals surface area contributed by atoms with Gasteiger partial charge in [-0.1, -0.05) is 18.2 Å². The molecule has 140 valence electrons. The summed E-state index contributed by atoms with van der Waals surface area (Å²) in [4.78, 5) is 14.0. The van der Waals surface area contributed by atoms with Crippen LogP contribution in [0.4, 0.5) is 10.1 Å². The standard InChI is InChI=1S/C20H15FN4OS2/c1-12-16-11-17(28-19(16)25(24-12)15-5-3-2-4-6-15)18(26)23-20(27)22-14-9-7-13(21)8-10-14/h2-11H,1H3,(H2,22,23,26,27). The average molecular weight is 410 g/mol. The summed E-state index contributed by atoms with van der Waals surface area (Å²) in [5.74, 6) is -0.645. The number of thiocarbonyl (C=S) groups is 1. The predicted molar refractivity (Wildman–Crippen MR) is 114 cm³/mol. The number of benzene rings is 2. The van der Waals surface area contributed by atoms with Crippen LogP contribution in [0.5, 0.6) is 0 Å². The third-order valence-corrected chi connectivity index (χ3v) is 5.41. The van der Waals surface area contributed by atoms with E-state index >= 15 is 0 Å². The third-order valence-electron chi connectivity index (χ3n) is 4.10. The lowest BCUT2D eigenvalue weighted by Crippen LogP contribution is -2.33. The summed E-state index contributed by atoms with van der Waals surface area (Å²) in [6.45, 7) is 1.91. The zero-order valence-corrected chi connectivity index (χ0v) is 16.4. The average Bonchev–Trinajstić information content (AvgIpc) is 3.25. The molecular weight excluding hydrogens is 395 g/mol. The molecule has 0 unspecified atom stereocenters. The van der Waals surface area contributed by atoms with Gasteiger partial charge in [-0.25, -0.2) is 9.07 Å². The summed E-state index contributed by atoms with van der Waals surface area (Å²) in [5.41, 5.74) is 2.38. The molecule has 0 fully saturated rings. The third kappa shape index (κ3) is 3.64. The molecule has 1 amide bonds. The molecule has 0 saturated heterocycles. The van der Waals surface area contributed by atoms with Crippen LogP contribution < -0.4 is 10.6 Å². The van der Waals surface area contributed by atoms with Crippen LogP contribution in [0, 0.1) is 12.7 Å². The number of hydrogen-bond donors (Lipinski definition) is 2. The van der Waals surface area contributed by atoms with Crippen LogP contribution in [0.25, 0.3) is 15.9 Å². The Morgan fingerprint density at radius 2 is 1.86 bits per heavy atom. The molecule has 0 radical (unpaired) electrons. The van der Waals surface area contributed by atoms with E-state index in [1.807, 2.05) is 48.0 Å². The number of carbonyl (C=O) groups excluding carboxylic acids is 1. The zero-order valence-electron chi connectivity index (χ0n) is 14.8. The van der Waals surface area contributed by atoms with Crippen molar-refractivity contribution in [1.82, 2.24) is 15.1 Å². The first kappa shape index (κ1) is 18.3. The van der Waals surface area contributed by atoms with E-state index in [9.17, 15) is 9.18 Å². The fourth-order valence-electron chi connectivity index (χ4n) is 2.76. The summed E-state index contributed by atoms with van der Waals surface area (Å²) in [7, 11) is 0. The molecule has 0 spiro atoms. The second kappa shape index (κ2) is 7.49. The van der Waals surface area contributed by atoms with Gasteiger partial charge in [0.25, 0.3) is 5.91 Å². The fraction of sp³-hybridized carbons (Fsp3) is 0.0500. The van der Waals surface area contributed by atoms with Crippen molar-refractivity contribution < 1.29 is 9.18 Å². The lowest BCUT2D eigenvalue weighted by Gasteiger charge is -2.08. The SMILES string of the molecule is Cc1nn(-c2ccccc2)c2sc(C(=O)NC(=S)Nc3ccc(F)cc3)cc12. The van der Waals surface area contributed by atoms with Crippen molar-refractivity contribution in [3.8, 4) is 5.69 Å². The van der Waals surface area contributed by atoms with Crippen LogP contribution >= 0.6 is 23.6 Å². The molecule has 2 aromatic heterocycles. The molecule has 4 rings (SSSR count). The van der Waals surface area contributed by atoms with Crippen molar-refractivity contribution in [2.45, 2.75) is 6.92 Å². The van der Waals surface area contributed by atoms with E-state index in [4.69, 9.17) is 12.2 Å². The molecule has 4 aromatic rings. The molecule has 2 heterocycles. The Morgan fingerprint density at radius 3 is 2.57 bits per heavy atom. The molecule has 0 aliphatic rings. The van der Waals surface area contributed by atoms with Gasteiger partial charge in [0.1, 0.15) is 10.6 Å². The van der Waals surface area contributed by atoms with Crippen molar-refractivity contribution in [3.63, 3.8) is 0 Å². The Bertz CT molecular complexity index is 1170. The summed E-state index contributed by atoms with van der Waals surface area (Å²) in [5, 5.41) is 11.2. The molecular formula is C20H15FN4OS2. The second-order valence-corrected chi connectivity index (χ2v) is 7.52. The van der Waals surface area contributed by atoms with Gasteiger partial charge in [-0.15, -0.1) is 11.3 Å². The minimum absolute atomic E-state index is 0.149. The molecule has 28 heavy (non-hydrogen) atoms. The Labute approximate surface area is 169 Å². The van der Waals surface area contributed by atoms with Crippen LogP contribution in [-0.4, -0.2) is 20.8 Å². The van der Waals surface area contributed by atoms with Gasteiger partial charge in [-0.2, -0.15) is 5.10 Å². The summed E-state index contributed by atoms with van der Waals surface area (Å²) in [6, 6.07) is 17.3. The highest BCUT2D eigenvalue weighted by atomic mass is 32.1. The molecule has 2 N–H and O–H groups in total. The second-order valence-electron chi connectivity index (χ2n) is 6.08.